The van der Waals surface area contributed by atoms with Gasteiger partial charge in [-0.1, -0.05) is 48.5 Å². The number of aromatic nitrogens is 2. The molecule has 3 N–H and O–H groups in total. The third kappa shape index (κ3) is 3.48. The van der Waals surface area contributed by atoms with Gasteiger partial charge in [-0.3, -0.25) is 5.32 Å². The van der Waals surface area contributed by atoms with Crippen molar-refractivity contribution in [1.29, 1.82) is 0 Å². The van der Waals surface area contributed by atoms with E-state index in [-0.39, 0.29) is 24.0 Å². The zero-order chi connectivity index (χ0) is 20.5. The number of nitrogens with one attached hydrogen (secondary N) is 3. The molecule has 3 unspecified atom stereocenters. The number of para-hydroxylation sites is 1. The predicted molar refractivity (Wildman–Crippen MR) is 118 cm³/mol. The average molecular weight is 402 g/mol. The molecule has 0 bridgehead atoms. The number of fused-ring (bicyclic) bond motifs is 1. The molecule has 6 nitrogen and oxygen atoms in total. The van der Waals surface area contributed by atoms with E-state index in [1.807, 2.05) is 41.1 Å². The summed E-state index contributed by atoms with van der Waals surface area (Å²) >= 11 is 0. The SMILES string of the molecule is CC1NCC(c2ccccc2)C1NC(=O)Nc1c2c(nn1-c1ccccc1)CCC2. The van der Waals surface area contributed by atoms with E-state index in [0.29, 0.717) is 0 Å². The lowest BCUT2D eigenvalue weighted by molar-refractivity contribution is 0.246. The minimum absolute atomic E-state index is 0.0218. The van der Waals surface area contributed by atoms with Crippen LogP contribution in [0.4, 0.5) is 10.6 Å². The van der Waals surface area contributed by atoms with Crippen LogP contribution in [0.1, 0.15) is 36.1 Å². The quantitative estimate of drug-likeness (QED) is 0.625. The predicted octanol–water partition coefficient (Wildman–Crippen LogP) is 3.63. The normalized spacial score (nSPS) is 22.6. The second-order valence-electron chi connectivity index (χ2n) is 8.21. The monoisotopic (exact) mass is 401 g/mol. The molecule has 0 radical (unpaired) electrons. The number of hydrogen-bond donors (Lipinski definition) is 3. The lowest BCUT2D eigenvalue weighted by Crippen LogP contribution is -2.46. The Bertz CT molecular complexity index is 1030. The Labute approximate surface area is 176 Å². The molecule has 2 heterocycles. The minimum Gasteiger partial charge on any atom is -0.333 e. The molecule has 5 rings (SSSR count). The van der Waals surface area contributed by atoms with Gasteiger partial charge in [0.1, 0.15) is 5.82 Å². The van der Waals surface area contributed by atoms with Gasteiger partial charge in [0, 0.05) is 24.1 Å². The van der Waals surface area contributed by atoms with E-state index in [1.54, 1.807) is 0 Å². The second-order valence-corrected chi connectivity index (χ2v) is 8.21. The highest BCUT2D eigenvalue weighted by Crippen LogP contribution is 2.31. The van der Waals surface area contributed by atoms with Gasteiger partial charge in [-0.25, -0.2) is 9.48 Å². The molecule has 30 heavy (non-hydrogen) atoms. The molecular formula is C24H27N5O. The molecular weight excluding hydrogens is 374 g/mol. The van der Waals surface area contributed by atoms with Gasteiger partial charge in [-0.15, -0.1) is 0 Å². The summed E-state index contributed by atoms with van der Waals surface area (Å²) < 4.78 is 1.87. The van der Waals surface area contributed by atoms with Gasteiger partial charge < -0.3 is 10.6 Å². The molecule has 3 atom stereocenters. The van der Waals surface area contributed by atoms with E-state index in [0.717, 1.165) is 48.6 Å². The van der Waals surface area contributed by atoms with Crippen molar-refractivity contribution in [3.63, 3.8) is 0 Å². The first kappa shape index (κ1) is 18.9. The highest BCUT2D eigenvalue weighted by molar-refractivity contribution is 5.90. The lowest BCUT2D eigenvalue weighted by atomic mass is 9.92. The van der Waals surface area contributed by atoms with Crippen LogP contribution < -0.4 is 16.0 Å². The van der Waals surface area contributed by atoms with Crippen molar-refractivity contribution >= 4 is 11.8 Å². The number of benzene rings is 2. The summed E-state index contributed by atoms with van der Waals surface area (Å²) in [5.74, 6) is 1.04. The van der Waals surface area contributed by atoms with Gasteiger partial charge in [0.25, 0.3) is 0 Å². The van der Waals surface area contributed by atoms with E-state index in [1.165, 1.54) is 5.56 Å². The van der Waals surface area contributed by atoms with Crippen LogP contribution in [0.15, 0.2) is 60.7 Å². The van der Waals surface area contributed by atoms with Crippen LogP contribution in [-0.4, -0.2) is 34.4 Å². The van der Waals surface area contributed by atoms with Crippen molar-refractivity contribution in [2.45, 2.75) is 44.2 Å². The Kier molecular flexibility index (Phi) is 5.01. The summed E-state index contributed by atoms with van der Waals surface area (Å²) in [7, 11) is 0. The van der Waals surface area contributed by atoms with Crippen molar-refractivity contribution in [2.24, 2.45) is 0 Å². The van der Waals surface area contributed by atoms with Crippen molar-refractivity contribution < 1.29 is 4.79 Å². The van der Waals surface area contributed by atoms with Crippen molar-refractivity contribution in [2.75, 3.05) is 11.9 Å². The zero-order valence-corrected chi connectivity index (χ0v) is 17.1. The Morgan fingerprint density at radius 3 is 2.57 bits per heavy atom. The van der Waals surface area contributed by atoms with Crippen LogP contribution >= 0.6 is 0 Å². The number of carbonyl (C=O) groups excluding carboxylic acids is 1. The Balaban J connectivity index is 1.38. The van der Waals surface area contributed by atoms with Gasteiger partial charge in [0.05, 0.1) is 17.4 Å². The number of carbonyl (C=O) groups is 1. The fourth-order valence-corrected chi connectivity index (χ4v) is 4.74. The van der Waals surface area contributed by atoms with Crippen molar-refractivity contribution in [1.82, 2.24) is 20.4 Å². The molecule has 6 heteroatoms. The molecule has 1 saturated heterocycles. The third-order valence-electron chi connectivity index (χ3n) is 6.30. The average Bonchev–Trinajstić information content (AvgIpc) is 3.46. The number of rotatable bonds is 4. The summed E-state index contributed by atoms with van der Waals surface area (Å²) in [6, 6.07) is 20.4. The topological polar surface area (TPSA) is 71.0 Å². The highest BCUT2D eigenvalue weighted by atomic mass is 16.2. The van der Waals surface area contributed by atoms with E-state index in [4.69, 9.17) is 5.10 Å². The molecule has 2 amide bonds. The molecule has 0 spiro atoms. The molecule has 3 aromatic rings. The number of nitrogens with zero attached hydrogens (tertiary/aromatic N) is 2. The van der Waals surface area contributed by atoms with Crippen molar-refractivity contribution in [3.05, 3.63) is 77.5 Å². The van der Waals surface area contributed by atoms with Gasteiger partial charge in [0.15, 0.2) is 0 Å². The van der Waals surface area contributed by atoms with E-state index in [2.05, 4.69) is 47.1 Å². The molecule has 1 fully saturated rings. The molecule has 154 valence electrons. The summed E-state index contributed by atoms with van der Waals surface area (Å²) in [6.45, 7) is 2.98. The minimum atomic E-state index is -0.178. The Morgan fingerprint density at radius 1 is 1.07 bits per heavy atom. The maximum atomic E-state index is 13.1. The van der Waals surface area contributed by atoms with E-state index < -0.39 is 0 Å². The van der Waals surface area contributed by atoms with Gasteiger partial charge in [0.2, 0.25) is 0 Å². The number of amides is 2. The molecule has 1 aliphatic heterocycles. The maximum absolute atomic E-state index is 13.1. The summed E-state index contributed by atoms with van der Waals surface area (Å²) in [6.07, 6.45) is 3.00. The Hall–Kier alpha value is -3.12. The van der Waals surface area contributed by atoms with E-state index >= 15 is 0 Å². The first-order valence-electron chi connectivity index (χ1n) is 10.7. The summed E-state index contributed by atoms with van der Waals surface area (Å²) in [5.41, 5.74) is 4.45. The molecule has 1 aliphatic carbocycles. The van der Waals surface area contributed by atoms with Crippen LogP contribution in [0.25, 0.3) is 5.69 Å². The van der Waals surface area contributed by atoms with Crippen LogP contribution in [0.5, 0.6) is 0 Å². The third-order valence-corrected chi connectivity index (χ3v) is 6.30. The fraction of sp³-hybridized carbons (Fsp3) is 0.333. The van der Waals surface area contributed by atoms with Crippen LogP contribution in [0, 0.1) is 0 Å². The smallest absolute Gasteiger partial charge is 0.320 e. The number of urea groups is 1. The van der Waals surface area contributed by atoms with Crippen molar-refractivity contribution in [3.8, 4) is 5.69 Å². The lowest BCUT2D eigenvalue weighted by Gasteiger charge is -2.24. The highest BCUT2D eigenvalue weighted by Gasteiger charge is 2.35. The standard InChI is InChI=1S/C24H27N5O/c1-16-22(20(15-25-16)17-9-4-2-5-10-17)26-24(30)27-23-19-13-8-14-21(19)28-29(23)18-11-6-3-7-12-18/h2-7,9-12,16,20,22,25H,8,13-15H2,1H3,(H2,26,27,30). The number of anilines is 1. The second kappa shape index (κ2) is 7.95. The Morgan fingerprint density at radius 2 is 1.80 bits per heavy atom. The summed E-state index contributed by atoms with van der Waals surface area (Å²) in [4.78, 5) is 13.1. The fourth-order valence-electron chi connectivity index (χ4n) is 4.74. The summed E-state index contributed by atoms with van der Waals surface area (Å²) in [5, 5.41) is 14.6. The molecule has 2 aromatic carbocycles. The maximum Gasteiger partial charge on any atom is 0.320 e. The van der Waals surface area contributed by atoms with Crippen LogP contribution in [0.2, 0.25) is 0 Å². The van der Waals surface area contributed by atoms with Gasteiger partial charge >= 0.3 is 6.03 Å². The first-order chi connectivity index (χ1) is 14.7. The molecule has 1 aromatic heterocycles. The number of hydrogen-bond acceptors (Lipinski definition) is 3. The van der Waals surface area contributed by atoms with Crippen LogP contribution in [0.3, 0.4) is 0 Å². The molecule has 0 saturated carbocycles. The van der Waals surface area contributed by atoms with Crippen LogP contribution in [-0.2, 0) is 12.8 Å². The van der Waals surface area contributed by atoms with Gasteiger partial charge in [-0.2, -0.15) is 5.10 Å². The zero-order valence-electron chi connectivity index (χ0n) is 17.1. The first-order valence-corrected chi connectivity index (χ1v) is 10.7. The largest absolute Gasteiger partial charge is 0.333 e. The van der Waals surface area contributed by atoms with E-state index in [9.17, 15) is 4.79 Å². The molecule has 2 aliphatic rings. The van der Waals surface area contributed by atoms with Gasteiger partial charge in [-0.05, 0) is 43.9 Å². The number of aryl methyl sites for hydroxylation is 1.